The molecule has 0 saturated carbocycles. The lowest BCUT2D eigenvalue weighted by molar-refractivity contribution is 0.717. The third kappa shape index (κ3) is 1.73. The molecule has 1 heterocycles. The van der Waals surface area contributed by atoms with Gasteiger partial charge in [0.25, 0.3) is 5.56 Å². The van der Waals surface area contributed by atoms with Crippen LogP contribution in [0.15, 0.2) is 23.3 Å². The van der Waals surface area contributed by atoms with E-state index in [2.05, 4.69) is 4.98 Å². The predicted molar refractivity (Wildman–Crippen MR) is 61.7 cm³/mol. The Morgan fingerprint density at radius 3 is 2.80 bits per heavy atom. The van der Waals surface area contributed by atoms with Crippen molar-refractivity contribution in [3.8, 4) is 0 Å². The zero-order chi connectivity index (χ0) is 11.0. The molecule has 5 heteroatoms. The number of aromatic nitrogens is 2. The van der Waals surface area contributed by atoms with Gasteiger partial charge in [0.05, 0.1) is 22.3 Å². The first-order chi connectivity index (χ1) is 7.13. The Bertz CT molecular complexity index is 577. The van der Waals surface area contributed by atoms with Crippen LogP contribution in [0.3, 0.4) is 0 Å². The average molecular weight is 243 g/mol. The van der Waals surface area contributed by atoms with Crippen molar-refractivity contribution in [3.63, 3.8) is 0 Å². The highest BCUT2D eigenvalue weighted by atomic mass is 35.5. The average Bonchev–Trinajstić information content (AvgIpc) is 2.19. The van der Waals surface area contributed by atoms with Crippen molar-refractivity contribution in [1.82, 2.24) is 9.55 Å². The lowest BCUT2D eigenvalue weighted by Gasteiger charge is -2.04. The maximum Gasteiger partial charge on any atom is 0.261 e. The van der Waals surface area contributed by atoms with Crippen molar-refractivity contribution in [2.75, 3.05) is 0 Å². The number of fused-ring (bicyclic) bond motifs is 1. The lowest BCUT2D eigenvalue weighted by Crippen LogP contribution is -2.19. The summed E-state index contributed by atoms with van der Waals surface area (Å²) in [7, 11) is 0. The summed E-state index contributed by atoms with van der Waals surface area (Å²) in [4.78, 5) is 16.0. The van der Waals surface area contributed by atoms with Gasteiger partial charge in [0.15, 0.2) is 0 Å². The molecule has 0 unspecified atom stereocenters. The summed E-state index contributed by atoms with van der Waals surface area (Å²) in [6.45, 7) is 2.45. The highest BCUT2D eigenvalue weighted by Crippen LogP contribution is 2.23. The van der Waals surface area contributed by atoms with Crippen LogP contribution in [0, 0.1) is 0 Å². The van der Waals surface area contributed by atoms with E-state index in [1.165, 1.54) is 10.9 Å². The number of nitrogens with zero attached hydrogens (tertiary/aromatic N) is 2. The monoisotopic (exact) mass is 242 g/mol. The van der Waals surface area contributed by atoms with Crippen LogP contribution in [0.5, 0.6) is 0 Å². The van der Waals surface area contributed by atoms with Crippen LogP contribution in [0.4, 0.5) is 0 Å². The Hall–Kier alpha value is -1.06. The Balaban J connectivity index is 2.93. The summed E-state index contributed by atoms with van der Waals surface area (Å²) in [5, 5.41) is 1.30. The van der Waals surface area contributed by atoms with Crippen LogP contribution in [-0.4, -0.2) is 9.55 Å². The first-order valence-electron chi connectivity index (χ1n) is 4.47. The van der Waals surface area contributed by atoms with Crippen molar-refractivity contribution in [2.45, 2.75) is 13.5 Å². The summed E-state index contributed by atoms with van der Waals surface area (Å²) < 4.78 is 1.51. The fourth-order valence-corrected chi connectivity index (χ4v) is 1.96. The molecule has 2 rings (SSSR count). The zero-order valence-electron chi connectivity index (χ0n) is 8.00. The molecule has 0 saturated heterocycles. The van der Waals surface area contributed by atoms with Crippen LogP contribution in [0.2, 0.25) is 10.0 Å². The standard InChI is InChI=1S/C10H8Cl2N2O/c1-2-14-5-13-9-7(10(14)15)3-6(11)4-8(9)12/h3-5H,2H2,1H3. The summed E-state index contributed by atoms with van der Waals surface area (Å²) in [6.07, 6.45) is 1.49. The van der Waals surface area contributed by atoms with Gasteiger partial charge in [-0.3, -0.25) is 9.36 Å². The minimum absolute atomic E-state index is 0.119. The molecule has 0 aliphatic heterocycles. The van der Waals surface area contributed by atoms with Gasteiger partial charge in [-0.15, -0.1) is 0 Å². The summed E-state index contributed by atoms with van der Waals surface area (Å²) in [6, 6.07) is 3.17. The smallest absolute Gasteiger partial charge is 0.261 e. The van der Waals surface area contributed by atoms with Crippen molar-refractivity contribution in [2.24, 2.45) is 0 Å². The quantitative estimate of drug-likeness (QED) is 0.771. The Morgan fingerprint density at radius 2 is 2.13 bits per heavy atom. The number of hydrogen-bond donors (Lipinski definition) is 0. The molecule has 0 amide bonds. The molecule has 0 spiro atoms. The van der Waals surface area contributed by atoms with E-state index >= 15 is 0 Å². The molecule has 15 heavy (non-hydrogen) atoms. The summed E-state index contributed by atoms with van der Waals surface area (Å²) >= 11 is 11.8. The van der Waals surface area contributed by atoms with Gasteiger partial charge in [-0.25, -0.2) is 4.98 Å². The molecule has 0 bridgehead atoms. The van der Waals surface area contributed by atoms with Gasteiger partial charge >= 0.3 is 0 Å². The van der Waals surface area contributed by atoms with E-state index in [1.807, 2.05) is 6.92 Å². The largest absolute Gasteiger partial charge is 0.299 e. The van der Waals surface area contributed by atoms with Crippen LogP contribution in [0.25, 0.3) is 10.9 Å². The van der Waals surface area contributed by atoms with Gasteiger partial charge < -0.3 is 0 Å². The second-order valence-corrected chi connectivity index (χ2v) is 3.96. The second kappa shape index (κ2) is 3.83. The van der Waals surface area contributed by atoms with Crippen LogP contribution < -0.4 is 5.56 Å². The van der Waals surface area contributed by atoms with Gasteiger partial charge in [0, 0.05) is 11.6 Å². The Morgan fingerprint density at radius 1 is 1.40 bits per heavy atom. The van der Waals surface area contributed by atoms with Gasteiger partial charge in [-0.05, 0) is 19.1 Å². The number of halogens is 2. The molecular formula is C10H8Cl2N2O. The van der Waals surface area contributed by atoms with Crippen molar-refractivity contribution >= 4 is 34.1 Å². The lowest BCUT2D eigenvalue weighted by atomic mass is 10.2. The van der Waals surface area contributed by atoms with Crippen molar-refractivity contribution < 1.29 is 0 Å². The highest BCUT2D eigenvalue weighted by Gasteiger charge is 2.07. The molecule has 3 nitrogen and oxygen atoms in total. The maximum atomic E-state index is 11.9. The van der Waals surface area contributed by atoms with E-state index in [1.54, 1.807) is 12.1 Å². The van der Waals surface area contributed by atoms with Crippen LogP contribution in [-0.2, 0) is 6.54 Å². The Labute approximate surface area is 96.3 Å². The first kappa shape index (κ1) is 10.5. The SMILES string of the molecule is CCn1cnc2c(Cl)cc(Cl)cc2c1=O. The molecule has 78 valence electrons. The van der Waals surface area contributed by atoms with Gasteiger partial charge in [-0.1, -0.05) is 23.2 Å². The van der Waals surface area contributed by atoms with E-state index in [-0.39, 0.29) is 5.56 Å². The molecule has 0 atom stereocenters. The molecule has 0 fully saturated rings. The van der Waals surface area contributed by atoms with Crippen LogP contribution >= 0.6 is 23.2 Å². The molecule has 0 aliphatic carbocycles. The van der Waals surface area contributed by atoms with E-state index in [0.29, 0.717) is 27.5 Å². The van der Waals surface area contributed by atoms with Gasteiger partial charge in [0.2, 0.25) is 0 Å². The molecule has 0 N–H and O–H groups in total. The predicted octanol–water partition coefficient (Wildman–Crippen LogP) is 2.72. The fraction of sp³-hybridized carbons (Fsp3) is 0.200. The van der Waals surface area contributed by atoms with E-state index in [0.717, 1.165) is 0 Å². The highest BCUT2D eigenvalue weighted by molar-refractivity contribution is 6.38. The normalized spacial score (nSPS) is 10.9. The third-order valence-electron chi connectivity index (χ3n) is 2.19. The molecule has 0 radical (unpaired) electrons. The third-order valence-corrected chi connectivity index (χ3v) is 2.69. The number of benzene rings is 1. The molecule has 0 aliphatic rings. The minimum Gasteiger partial charge on any atom is -0.299 e. The topological polar surface area (TPSA) is 34.9 Å². The molecule has 1 aromatic carbocycles. The van der Waals surface area contributed by atoms with E-state index in [9.17, 15) is 4.79 Å². The summed E-state index contributed by atoms with van der Waals surface area (Å²) in [5.74, 6) is 0. The number of aryl methyl sites for hydroxylation is 1. The molecular weight excluding hydrogens is 235 g/mol. The fourth-order valence-electron chi connectivity index (χ4n) is 1.42. The molecule has 2 aromatic rings. The first-order valence-corrected chi connectivity index (χ1v) is 5.23. The molecule has 1 aromatic heterocycles. The van der Waals surface area contributed by atoms with E-state index in [4.69, 9.17) is 23.2 Å². The minimum atomic E-state index is -0.119. The second-order valence-electron chi connectivity index (χ2n) is 3.12. The Kier molecular flexibility index (Phi) is 2.67. The van der Waals surface area contributed by atoms with Crippen molar-refractivity contribution in [3.05, 3.63) is 38.9 Å². The zero-order valence-corrected chi connectivity index (χ0v) is 9.51. The van der Waals surface area contributed by atoms with Crippen LogP contribution in [0.1, 0.15) is 6.92 Å². The maximum absolute atomic E-state index is 11.9. The van der Waals surface area contributed by atoms with Crippen molar-refractivity contribution in [1.29, 1.82) is 0 Å². The summed E-state index contributed by atoms with van der Waals surface area (Å²) in [5.41, 5.74) is 0.377. The van der Waals surface area contributed by atoms with Gasteiger partial charge in [-0.2, -0.15) is 0 Å². The van der Waals surface area contributed by atoms with E-state index < -0.39 is 0 Å². The van der Waals surface area contributed by atoms with Gasteiger partial charge in [0.1, 0.15) is 0 Å². The number of rotatable bonds is 1. The number of hydrogen-bond acceptors (Lipinski definition) is 2.